The van der Waals surface area contributed by atoms with Gasteiger partial charge in [-0.25, -0.2) is 14.8 Å². The minimum Gasteiger partial charge on any atom is -0.363 e. The number of carbonyl (C=O) groups is 1. The fourth-order valence-corrected chi connectivity index (χ4v) is 3.16. The van der Waals surface area contributed by atoms with E-state index in [9.17, 15) is 4.79 Å². The number of aromatic nitrogens is 2. The minimum absolute atomic E-state index is 0.144. The van der Waals surface area contributed by atoms with Gasteiger partial charge in [-0.3, -0.25) is 0 Å². The Balaban J connectivity index is 1.54. The SMILES string of the molecule is O=C(Nc1cccc(CNc2nccnc2Cl)c1)NC1CCCCC1. The largest absolute Gasteiger partial charge is 0.363 e. The molecule has 2 amide bonds. The standard InChI is InChI=1S/C18H22ClN5O/c19-16-17(21-10-9-20-16)22-12-13-5-4-8-15(11-13)24-18(25)23-14-6-2-1-3-7-14/h4-5,8-11,14H,1-3,6-7,12H2,(H,21,22)(H2,23,24,25). The number of nitrogens with zero attached hydrogens (tertiary/aromatic N) is 2. The zero-order chi connectivity index (χ0) is 17.5. The first-order valence-corrected chi connectivity index (χ1v) is 8.95. The normalized spacial score (nSPS) is 14.8. The lowest BCUT2D eigenvalue weighted by Crippen LogP contribution is -2.39. The third-order valence-electron chi connectivity index (χ3n) is 4.24. The number of halogens is 1. The van der Waals surface area contributed by atoms with Crippen LogP contribution in [-0.2, 0) is 6.54 Å². The van der Waals surface area contributed by atoms with Gasteiger partial charge in [-0.15, -0.1) is 0 Å². The van der Waals surface area contributed by atoms with Crippen LogP contribution in [0.15, 0.2) is 36.7 Å². The molecule has 0 unspecified atom stereocenters. The third-order valence-corrected chi connectivity index (χ3v) is 4.52. The third kappa shape index (κ3) is 5.32. The highest BCUT2D eigenvalue weighted by molar-refractivity contribution is 6.31. The van der Waals surface area contributed by atoms with E-state index in [2.05, 4.69) is 25.9 Å². The van der Waals surface area contributed by atoms with Crippen molar-refractivity contribution in [3.8, 4) is 0 Å². The number of nitrogens with one attached hydrogen (secondary N) is 3. The van der Waals surface area contributed by atoms with Gasteiger partial charge < -0.3 is 16.0 Å². The minimum atomic E-state index is -0.144. The highest BCUT2D eigenvalue weighted by atomic mass is 35.5. The molecule has 1 aromatic heterocycles. The Kier molecular flexibility index (Phi) is 6.06. The molecule has 25 heavy (non-hydrogen) atoms. The van der Waals surface area contributed by atoms with Crippen LogP contribution in [0.4, 0.5) is 16.3 Å². The lowest BCUT2D eigenvalue weighted by Gasteiger charge is -2.22. The molecule has 2 aromatic rings. The fraction of sp³-hybridized carbons (Fsp3) is 0.389. The van der Waals surface area contributed by atoms with Gasteiger partial charge in [0.1, 0.15) is 0 Å². The van der Waals surface area contributed by atoms with E-state index in [4.69, 9.17) is 11.6 Å². The second-order valence-corrected chi connectivity index (χ2v) is 6.54. The molecule has 1 heterocycles. The summed E-state index contributed by atoms with van der Waals surface area (Å²) in [6.45, 7) is 0.540. The van der Waals surface area contributed by atoms with Gasteiger partial charge in [0.25, 0.3) is 0 Å². The molecule has 6 nitrogen and oxygen atoms in total. The molecule has 0 saturated heterocycles. The summed E-state index contributed by atoms with van der Waals surface area (Å²) < 4.78 is 0. The van der Waals surface area contributed by atoms with Crippen LogP contribution < -0.4 is 16.0 Å². The van der Waals surface area contributed by atoms with Crippen molar-refractivity contribution >= 4 is 29.1 Å². The summed E-state index contributed by atoms with van der Waals surface area (Å²) in [4.78, 5) is 20.3. The van der Waals surface area contributed by atoms with E-state index in [0.29, 0.717) is 17.5 Å². The van der Waals surface area contributed by atoms with Crippen molar-refractivity contribution in [2.24, 2.45) is 0 Å². The average molecular weight is 360 g/mol. The number of hydrogen-bond acceptors (Lipinski definition) is 4. The summed E-state index contributed by atoms with van der Waals surface area (Å²) in [7, 11) is 0. The van der Waals surface area contributed by atoms with E-state index in [0.717, 1.165) is 24.1 Å². The Bertz CT molecular complexity index is 718. The van der Waals surface area contributed by atoms with E-state index < -0.39 is 0 Å². The Labute approximate surface area is 152 Å². The number of amides is 2. The summed E-state index contributed by atoms with van der Waals surface area (Å²) in [5.74, 6) is 0.539. The highest BCUT2D eigenvalue weighted by Crippen LogP contribution is 2.19. The van der Waals surface area contributed by atoms with Crippen LogP contribution in [0.2, 0.25) is 5.15 Å². The first-order valence-electron chi connectivity index (χ1n) is 8.57. The number of urea groups is 1. The average Bonchev–Trinajstić information content (AvgIpc) is 2.62. The molecule has 0 aliphatic heterocycles. The second-order valence-electron chi connectivity index (χ2n) is 6.18. The topological polar surface area (TPSA) is 78.9 Å². The van der Waals surface area contributed by atoms with Gasteiger partial charge in [-0.05, 0) is 30.5 Å². The molecule has 0 spiro atoms. The van der Waals surface area contributed by atoms with Crippen LogP contribution in [0, 0.1) is 0 Å². The summed E-state index contributed by atoms with van der Waals surface area (Å²) in [6.07, 6.45) is 8.91. The Morgan fingerprint density at radius 1 is 1.16 bits per heavy atom. The Morgan fingerprint density at radius 3 is 2.76 bits per heavy atom. The van der Waals surface area contributed by atoms with E-state index >= 15 is 0 Å². The van der Waals surface area contributed by atoms with Crippen LogP contribution in [0.1, 0.15) is 37.7 Å². The van der Waals surface area contributed by atoms with Gasteiger partial charge in [0, 0.05) is 30.7 Å². The molecule has 1 fully saturated rings. The predicted molar refractivity (Wildman–Crippen MR) is 99.8 cm³/mol. The van der Waals surface area contributed by atoms with Crippen molar-refractivity contribution in [2.45, 2.75) is 44.7 Å². The molecular weight excluding hydrogens is 338 g/mol. The van der Waals surface area contributed by atoms with E-state index in [-0.39, 0.29) is 12.1 Å². The number of carbonyl (C=O) groups excluding carboxylic acids is 1. The summed E-state index contributed by atoms with van der Waals surface area (Å²) in [5, 5.41) is 9.44. The van der Waals surface area contributed by atoms with Gasteiger partial charge in [0.05, 0.1) is 0 Å². The monoisotopic (exact) mass is 359 g/mol. The van der Waals surface area contributed by atoms with Gasteiger partial charge in [-0.2, -0.15) is 0 Å². The van der Waals surface area contributed by atoms with Crippen LogP contribution in [-0.4, -0.2) is 22.0 Å². The number of benzene rings is 1. The quantitative estimate of drug-likeness (QED) is 0.747. The Hall–Kier alpha value is -2.34. The fourth-order valence-electron chi connectivity index (χ4n) is 2.98. The van der Waals surface area contributed by atoms with E-state index in [1.165, 1.54) is 19.3 Å². The molecule has 0 radical (unpaired) electrons. The first kappa shape index (κ1) is 17.5. The molecular formula is C18H22ClN5O. The molecule has 0 atom stereocenters. The lowest BCUT2D eigenvalue weighted by atomic mass is 9.96. The molecule has 7 heteroatoms. The second kappa shape index (κ2) is 8.67. The summed E-state index contributed by atoms with van der Waals surface area (Å²) in [6, 6.07) is 7.83. The molecule has 0 bridgehead atoms. The zero-order valence-corrected chi connectivity index (χ0v) is 14.7. The molecule has 3 N–H and O–H groups in total. The van der Waals surface area contributed by atoms with Gasteiger partial charge in [0.2, 0.25) is 0 Å². The summed E-state index contributed by atoms with van der Waals surface area (Å²) in [5.41, 5.74) is 1.77. The smallest absolute Gasteiger partial charge is 0.319 e. The van der Waals surface area contributed by atoms with Gasteiger partial charge in [0.15, 0.2) is 11.0 Å². The van der Waals surface area contributed by atoms with E-state index in [1.54, 1.807) is 12.4 Å². The van der Waals surface area contributed by atoms with Crippen molar-refractivity contribution in [2.75, 3.05) is 10.6 Å². The van der Waals surface area contributed by atoms with Gasteiger partial charge >= 0.3 is 6.03 Å². The summed E-state index contributed by atoms with van der Waals surface area (Å²) >= 11 is 5.98. The van der Waals surface area contributed by atoms with Gasteiger partial charge in [-0.1, -0.05) is 43.0 Å². The van der Waals surface area contributed by atoms with Crippen LogP contribution in [0.3, 0.4) is 0 Å². The number of hydrogen-bond donors (Lipinski definition) is 3. The van der Waals surface area contributed by atoms with Crippen molar-refractivity contribution in [3.63, 3.8) is 0 Å². The van der Waals surface area contributed by atoms with E-state index in [1.807, 2.05) is 24.3 Å². The predicted octanol–water partition coefficient (Wildman–Crippen LogP) is 4.20. The molecule has 132 valence electrons. The molecule has 1 aliphatic rings. The van der Waals surface area contributed by atoms with Crippen LogP contribution in [0.25, 0.3) is 0 Å². The Morgan fingerprint density at radius 2 is 1.96 bits per heavy atom. The van der Waals surface area contributed by atoms with Crippen LogP contribution >= 0.6 is 11.6 Å². The molecule has 1 aliphatic carbocycles. The number of rotatable bonds is 5. The van der Waals surface area contributed by atoms with Crippen molar-refractivity contribution in [3.05, 3.63) is 47.4 Å². The van der Waals surface area contributed by atoms with Crippen molar-refractivity contribution in [1.82, 2.24) is 15.3 Å². The molecule has 1 saturated carbocycles. The van der Waals surface area contributed by atoms with Crippen LogP contribution in [0.5, 0.6) is 0 Å². The maximum Gasteiger partial charge on any atom is 0.319 e. The van der Waals surface area contributed by atoms with Crippen molar-refractivity contribution in [1.29, 1.82) is 0 Å². The molecule has 3 rings (SSSR count). The molecule has 1 aromatic carbocycles. The highest BCUT2D eigenvalue weighted by Gasteiger charge is 2.15. The maximum atomic E-state index is 12.1. The van der Waals surface area contributed by atoms with Crippen molar-refractivity contribution < 1.29 is 4.79 Å². The maximum absolute atomic E-state index is 12.1. The number of anilines is 2. The lowest BCUT2D eigenvalue weighted by molar-refractivity contribution is 0.244. The first-order chi connectivity index (χ1) is 12.2. The zero-order valence-electron chi connectivity index (χ0n) is 14.0.